The van der Waals surface area contributed by atoms with Crippen LogP contribution in [0.3, 0.4) is 0 Å². The number of nitro benzene ring substituents is 1. The summed E-state index contributed by atoms with van der Waals surface area (Å²) in [7, 11) is 0. The van der Waals surface area contributed by atoms with Crippen LogP contribution in [0.4, 0.5) is 10.1 Å². The number of nitrogens with one attached hydrogen (secondary N) is 1. The molecule has 5 nitrogen and oxygen atoms in total. The third kappa shape index (κ3) is 1.69. The first-order valence-electron chi connectivity index (χ1n) is 4.12. The van der Waals surface area contributed by atoms with Crippen molar-refractivity contribution in [1.82, 2.24) is 9.97 Å². The Morgan fingerprint density at radius 3 is 2.87 bits per heavy atom. The molecule has 0 aliphatic heterocycles. The quantitative estimate of drug-likeness (QED) is 0.605. The summed E-state index contributed by atoms with van der Waals surface area (Å²) in [6, 6.07) is 3.63. The van der Waals surface area contributed by atoms with E-state index >= 15 is 0 Å². The predicted octanol–water partition coefficient (Wildman–Crippen LogP) is 2.12. The summed E-state index contributed by atoms with van der Waals surface area (Å²) in [5.41, 5.74) is -0.0722. The number of hydrogen-bond acceptors (Lipinski definition) is 3. The van der Waals surface area contributed by atoms with Crippen molar-refractivity contribution in [3.8, 4) is 11.4 Å². The molecule has 0 unspecified atom stereocenters. The summed E-state index contributed by atoms with van der Waals surface area (Å²) in [5.74, 6) is -0.381. The molecule has 1 heterocycles. The summed E-state index contributed by atoms with van der Waals surface area (Å²) in [6.45, 7) is 0. The maximum absolute atomic E-state index is 13.0. The Labute approximate surface area is 83.7 Å². The third-order valence-electron chi connectivity index (χ3n) is 1.91. The summed E-state index contributed by atoms with van der Waals surface area (Å²) >= 11 is 0. The number of nitro groups is 1. The molecule has 0 saturated carbocycles. The van der Waals surface area contributed by atoms with E-state index in [1.807, 2.05) is 0 Å². The number of halogens is 1. The van der Waals surface area contributed by atoms with Gasteiger partial charge in [0.1, 0.15) is 5.82 Å². The van der Waals surface area contributed by atoms with Gasteiger partial charge in [0.25, 0.3) is 0 Å². The fraction of sp³-hybridized carbons (Fsp3) is 0. The number of benzene rings is 1. The molecule has 0 radical (unpaired) electrons. The highest BCUT2D eigenvalue weighted by Crippen LogP contribution is 2.23. The van der Waals surface area contributed by atoms with Crippen LogP contribution in [0.15, 0.2) is 30.6 Å². The van der Waals surface area contributed by atoms with Gasteiger partial charge in [0.2, 0.25) is 5.82 Å². The first kappa shape index (κ1) is 9.32. The van der Waals surface area contributed by atoms with E-state index in [-0.39, 0.29) is 0 Å². The normalized spacial score (nSPS) is 10.2. The highest BCUT2D eigenvalue weighted by molar-refractivity contribution is 5.59. The molecular weight excluding hydrogens is 201 g/mol. The first-order chi connectivity index (χ1) is 7.18. The zero-order valence-corrected chi connectivity index (χ0v) is 7.48. The molecule has 0 fully saturated rings. The predicted molar refractivity (Wildman–Crippen MR) is 50.6 cm³/mol. The van der Waals surface area contributed by atoms with Crippen molar-refractivity contribution in [2.45, 2.75) is 0 Å². The molecular formula is C9H6FN3O2. The fourth-order valence-corrected chi connectivity index (χ4v) is 1.22. The van der Waals surface area contributed by atoms with E-state index in [0.717, 1.165) is 12.1 Å². The second-order valence-electron chi connectivity index (χ2n) is 2.86. The molecule has 15 heavy (non-hydrogen) atoms. The van der Waals surface area contributed by atoms with E-state index < -0.39 is 16.4 Å². The van der Waals surface area contributed by atoms with Crippen LogP contribution in [0, 0.1) is 15.9 Å². The van der Waals surface area contributed by atoms with Crippen LogP contribution in [0.25, 0.3) is 11.4 Å². The molecule has 1 aromatic heterocycles. The number of nitrogens with zero attached hydrogens (tertiary/aromatic N) is 2. The molecule has 1 aromatic carbocycles. The van der Waals surface area contributed by atoms with Crippen LogP contribution in [-0.4, -0.2) is 14.9 Å². The molecule has 76 valence electrons. The van der Waals surface area contributed by atoms with Crippen molar-refractivity contribution < 1.29 is 9.31 Å². The smallest absolute Gasteiger partial charge is 0.305 e. The maximum Gasteiger partial charge on any atom is 0.305 e. The van der Waals surface area contributed by atoms with E-state index in [1.54, 1.807) is 6.20 Å². The Hall–Kier alpha value is -2.24. The van der Waals surface area contributed by atoms with E-state index in [2.05, 4.69) is 9.97 Å². The maximum atomic E-state index is 13.0. The molecule has 0 aliphatic rings. The van der Waals surface area contributed by atoms with Crippen molar-refractivity contribution in [3.05, 3.63) is 46.5 Å². The van der Waals surface area contributed by atoms with Gasteiger partial charge in [0.15, 0.2) is 0 Å². The Kier molecular flexibility index (Phi) is 2.17. The fourth-order valence-electron chi connectivity index (χ4n) is 1.22. The molecule has 1 N–H and O–H groups in total. The lowest BCUT2D eigenvalue weighted by Gasteiger charge is -1.97. The van der Waals surface area contributed by atoms with Crippen LogP contribution < -0.4 is 0 Å². The SMILES string of the molecule is O=[N+]([O-])c1cc(-c2ncc[nH]2)ccc1F. The molecule has 0 bridgehead atoms. The number of hydrogen-bond donors (Lipinski definition) is 1. The molecule has 0 aliphatic carbocycles. The zero-order valence-electron chi connectivity index (χ0n) is 7.48. The van der Waals surface area contributed by atoms with Gasteiger partial charge in [0, 0.05) is 24.0 Å². The molecule has 0 saturated heterocycles. The summed E-state index contributed by atoms with van der Waals surface area (Å²) in [4.78, 5) is 16.4. The van der Waals surface area contributed by atoms with Crippen molar-refractivity contribution in [2.75, 3.05) is 0 Å². The topological polar surface area (TPSA) is 71.8 Å². The molecule has 2 rings (SSSR count). The van der Waals surface area contributed by atoms with Gasteiger partial charge >= 0.3 is 5.69 Å². The van der Waals surface area contributed by atoms with Crippen molar-refractivity contribution in [2.24, 2.45) is 0 Å². The summed E-state index contributed by atoms with van der Waals surface area (Å²) in [6.07, 6.45) is 3.11. The molecule has 0 amide bonds. The lowest BCUT2D eigenvalue weighted by atomic mass is 10.2. The largest absolute Gasteiger partial charge is 0.345 e. The zero-order chi connectivity index (χ0) is 10.8. The van der Waals surface area contributed by atoms with Crippen molar-refractivity contribution in [3.63, 3.8) is 0 Å². The van der Waals surface area contributed by atoms with Gasteiger partial charge in [-0.05, 0) is 12.1 Å². The number of H-pyrrole nitrogens is 1. The van der Waals surface area contributed by atoms with Gasteiger partial charge in [-0.15, -0.1) is 0 Å². The van der Waals surface area contributed by atoms with Gasteiger partial charge in [-0.3, -0.25) is 10.1 Å². The van der Waals surface area contributed by atoms with E-state index in [1.165, 1.54) is 12.3 Å². The standard InChI is InChI=1S/C9H6FN3O2/c10-7-2-1-6(5-8(7)13(14)15)9-11-3-4-12-9/h1-5H,(H,11,12). The minimum Gasteiger partial charge on any atom is -0.345 e. The average Bonchev–Trinajstić information content (AvgIpc) is 2.71. The molecule has 2 aromatic rings. The second kappa shape index (κ2) is 3.49. The van der Waals surface area contributed by atoms with Crippen LogP contribution in [0.5, 0.6) is 0 Å². The van der Waals surface area contributed by atoms with Crippen LogP contribution in [0.2, 0.25) is 0 Å². The average molecular weight is 207 g/mol. The van der Waals surface area contributed by atoms with E-state index in [4.69, 9.17) is 0 Å². The van der Waals surface area contributed by atoms with Crippen LogP contribution in [0.1, 0.15) is 0 Å². The second-order valence-corrected chi connectivity index (χ2v) is 2.86. The third-order valence-corrected chi connectivity index (χ3v) is 1.91. The number of imidazole rings is 1. The van der Waals surface area contributed by atoms with Gasteiger partial charge in [-0.2, -0.15) is 4.39 Å². The van der Waals surface area contributed by atoms with Gasteiger partial charge in [0.05, 0.1) is 4.92 Å². The van der Waals surface area contributed by atoms with Crippen LogP contribution >= 0.6 is 0 Å². The molecule has 6 heteroatoms. The number of aromatic amines is 1. The first-order valence-corrected chi connectivity index (χ1v) is 4.12. The Bertz CT molecular complexity index is 496. The minimum absolute atomic E-state index is 0.470. The van der Waals surface area contributed by atoms with Crippen molar-refractivity contribution >= 4 is 5.69 Å². The van der Waals surface area contributed by atoms with Crippen LogP contribution in [-0.2, 0) is 0 Å². The lowest BCUT2D eigenvalue weighted by molar-refractivity contribution is -0.387. The highest BCUT2D eigenvalue weighted by atomic mass is 19.1. The Morgan fingerprint density at radius 1 is 1.47 bits per heavy atom. The van der Waals surface area contributed by atoms with Gasteiger partial charge in [-0.1, -0.05) is 0 Å². The lowest BCUT2D eigenvalue weighted by Crippen LogP contribution is -1.93. The molecule has 0 spiro atoms. The Balaban J connectivity index is 2.52. The van der Waals surface area contributed by atoms with E-state index in [9.17, 15) is 14.5 Å². The van der Waals surface area contributed by atoms with Gasteiger partial charge in [-0.25, -0.2) is 4.98 Å². The minimum atomic E-state index is -0.852. The monoisotopic (exact) mass is 207 g/mol. The van der Waals surface area contributed by atoms with Crippen molar-refractivity contribution in [1.29, 1.82) is 0 Å². The van der Waals surface area contributed by atoms with E-state index in [0.29, 0.717) is 11.4 Å². The Morgan fingerprint density at radius 2 is 2.27 bits per heavy atom. The molecule has 0 atom stereocenters. The summed E-state index contributed by atoms with van der Waals surface area (Å²) in [5, 5.41) is 10.5. The highest BCUT2D eigenvalue weighted by Gasteiger charge is 2.15. The summed E-state index contributed by atoms with van der Waals surface area (Å²) < 4.78 is 13.0. The number of rotatable bonds is 2. The van der Waals surface area contributed by atoms with Gasteiger partial charge < -0.3 is 4.98 Å². The number of aromatic nitrogens is 2.